The highest BCUT2D eigenvalue weighted by Gasteiger charge is 2.52. The van der Waals surface area contributed by atoms with Gasteiger partial charge in [0.2, 0.25) is 0 Å². The number of rotatable bonds is 2. The van der Waals surface area contributed by atoms with Crippen LogP contribution in [0.3, 0.4) is 0 Å². The Morgan fingerprint density at radius 3 is 1.76 bits per heavy atom. The van der Waals surface area contributed by atoms with Gasteiger partial charge in [0, 0.05) is 16.6 Å². The molecule has 0 saturated carbocycles. The van der Waals surface area contributed by atoms with Gasteiger partial charge in [0.15, 0.2) is 0 Å². The van der Waals surface area contributed by atoms with Gasteiger partial charge in [0.05, 0.1) is 11.6 Å². The minimum absolute atomic E-state index is 0.00664. The third kappa shape index (κ3) is 2.88. The number of hydrogen-bond donors (Lipinski definition) is 1. The first-order chi connectivity index (χ1) is 9.31. The van der Waals surface area contributed by atoms with Gasteiger partial charge in [0.25, 0.3) is 0 Å². The molecule has 4 nitrogen and oxygen atoms in total. The average molecular weight is 298 g/mol. The fourth-order valence-electron chi connectivity index (χ4n) is 4.09. The molecule has 2 aliphatic rings. The van der Waals surface area contributed by atoms with Crippen molar-refractivity contribution in [2.75, 3.05) is 0 Å². The third-order valence-electron chi connectivity index (χ3n) is 5.61. The molecule has 124 valence electrons. The molecule has 2 rings (SSSR count). The summed E-state index contributed by atoms with van der Waals surface area (Å²) >= 11 is 0. The SMILES string of the molecule is CC1(C)CCC(C)(C)N1OC1CCC(C)(C)N(O)C1(C)C. The van der Waals surface area contributed by atoms with Crippen molar-refractivity contribution in [3.05, 3.63) is 0 Å². The van der Waals surface area contributed by atoms with Crippen molar-refractivity contribution in [3.8, 4) is 0 Å². The van der Waals surface area contributed by atoms with E-state index >= 15 is 0 Å². The van der Waals surface area contributed by atoms with Gasteiger partial charge in [0.1, 0.15) is 0 Å². The van der Waals surface area contributed by atoms with Gasteiger partial charge in [-0.2, -0.15) is 10.1 Å². The Kier molecular flexibility index (Phi) is 4.03. The number of hydroxylamine groups is 4. The number of hydrogen-bond acceptors (Lipinski definition) is 4. The van der Waals surface area contributed by atoms with Crippen molar-refractivity contribution in [2.45, 2.75) is 109 Å². The molecule has 0 amide bonds. The van der Waals surface area contributed by atoms with E-state index in [-0.39, 0.29) is 22.7 Å². The van der Waals surface area contributed by atoms with Crippen LogP contribution in [0.4, 0.5) is 0 Å². The monoisotopic (exact) mass is 298 g/mol. The second-order valence-electron chi connectivity index (χ2n) is 9.33. The van der Waals surface area contributed by atoms with Gasteiger partial charge in [-0.1, -0.05) is 0 Å². The van der Waals surface area contributed by atoms with Crippen LogP contribution in [0.15, 0.2) is 0 Å². The van der Waals surface area contributed by atoms with Crippen molar-refractivity contribution < 1.29 is 10.0 Å². The summed E-state index contributed by atoms with van der Waals surface area (Å²) in [6.45, 7) is 17.3. The van der Waals surface area contributed by atoms with E-state index < -0.39 is 5.54 Å². The largest absolute Gasteiger partial charge is 0.313 e. The molecule has 0 spiro atoms. The predicted octanol–water partition coefficient (Wildman–Crippen LogP) is 3.98. The van der Waals surface area contributed by atoms with Crippen LogP contribution in [-0.4, -0.2) is 43.6 Å². The molecule has 0 aromatic heterocycles. The molecular formula is C17H34N2O2. The molecule has 0 aliphatic carbocycles. The topological polar surface area (TPSA) is 35.9 Å². The number of nitrogens with zero attached hydrogens (tertiary/aromatic N) is 2. The maximum absolute atomic E-state index is 10.6. The minimum Gasteiger partial charge on any atom is -0.313 e. The quantitative estimate of drug-likeness (QED) is 0.836. The van der Waals surface area contributed by atoms with Crippen LogP contribution in [-0.2, 0) is 4.84 Å². The first-order valence-corrected chi connectivity index (χ1v) is 8.27. The van der Waals surface area contributed by atoms with Crippen molar-refractivity contribution in [1.82, 2.24) is 10.1 Å². The molecule has 1 atom stereocenters. The molecule has 0 aromatic rings. The Bertz CT molecular complexity index is 386. The Labute approximate surface area is 130 Å². The van der Waals surface area contributed by atoms with Crippen molar-refractivity contribution in [1.29, 1.82) is 0 Å². The highest BCUT2D eigenvalue weighted by atomic mass is 16.7. The lowest BCUT2D eigenvalue weighted by Crippen LogP contribution is -2.65. The zero-order valence-electron chi connectivity index (χ0n) is 15.2. The Hall–Kier alpha value is -0.160. The Morgan fingerprint density at radius 2 is 1.29 bits per heavy atom. The summed E-state index contributed by atoms with van der Waals surface area (Å²) in [5, 5.41) is 14.3. The van der Waals surface area contributed by atoms with Crippen LogP contribution in [0.2, 0.25) is 0 Å². The van der Waals surface area contributed by atoms with Gasteiger partial charge in [-0.05, 0) is 81.1 Å². The highest BCUT2D eigenvalue weighted by molar-refractivity contribution is 5.01. The average Bonchev–Trinajstić information content (AvgIpc) is 2.53. The standard InChI is InChI=1S/C17H34N2O2/c1-14(2)10-9-13(17(7,8)18(14)20)21-19-15(3,4)11-12-16(19,5)6/h13,20H,9-12H2,1-8H3. The second kappa shape index (κ2) is 4.92. The normalized spacial score (nSPS) is 35.0. The van der Waals surface area contributed by atoms with E-state index in [4.69, 9.17) is 4.84 Å². The van der Waals surface area contributed by atoms with Crippen LogP contribution in [0.25, 0.3) is 0 Å². The fraction of sp³-hybridized carbons (Fsp3) is 1.00. The highest BCUT2D eigenvalue weighted by Crippen LogP contribution is 2.45. The van der Waals surface area contributed by atoms with Crippen molar-refractivity contribution in [3.63, 3.8) is 0 Å². The molecule has 0 aromatic carbocycles. The van der Waals surface area contributed by atoms with Crippen LogP contribution in [0, 0.1) is 0 Å². The zero-order chi connectivity index (χ0) is 16.3. The first kappa shape index (κ1) is 17.2. The Morgan fingerprint density at radius 1 is 0.810 bits per heavy atom. The summed E-state index contributed by atoms with van der Waals surface area (Å²) < 4.78 is 0. The van der Waals surface area contributed by atoms with E-state index in [0.29, 0.717) is 0 Å². The minimum atomic E-state index is -0.392. The zero-order valence-corrected chi connectivity index (χ0v) is 15.2. The van der Waals surface area contributed by atoms with Crippen LogP contribution in [0.1, 0.15) is 81.1 Å². The molecule has 1 N–H and O–H groups in total. The molecule has 0 radical (unpaired) electrons. The lowest BCUT2D eigenvalue weighted by Gasteiger charge is -2.54. The summed E-state index contributed by atoms with van der Waals surface area (Å²) in [5.74, 6) is 0. The van der Waals surface area contributed by atoms with E-state index in [2.05, 4.69) is 60.5 Å². The Balaban J connectivity index is 2.20. The molecule has 1 unspecified atom stereocenters. The molecular weight excluding hydrogens is 264 g/mol. The maximum atomic E-state index is 10.6. The fourth-order valence-corrected chi connectivity index (χ4v) is 4.09. The summed E-state index contributed by atoms with van der Waals surface area (Å²) in [7, 11) is 0. The van der Waals surface area contributed by atoms with Gasteiger partial charge in [-0.3, -0.25) is 4.84 Å². The van der Waals surface area contributed by atoms with E-state index in [1.807, 2.05) is 0 Å². The van der Waals surface area contributed by atoms with Gasteiger partial charge < -0.3 is 5.21 Å². The third-order valence-corrected chi connectivity index (χ3v) is 5.61. The first-order valence-electron chi connectivity index (χ1n) is 8.27. The van der Waals surface area contributed by atoms with E-state index in [0.717, 1.165) is 25.7 Å². The molecule has 2 fully saturated rings. The summed E-state index contributed by atoms with van der Waals surface area (Å²) in [5.41, 5.74) is -0.491. The molecule has 0 bridgehead atoms. The van der Waals surface area contributed by atoms with Crippen molar-refractivity contribution >= 4 is 0 Å². The number of piperidine rings is 1. The molecule has 21 heavy (non-hydrogen) atoms. The van der Waals surface area contributed by atoms with Crippen LogP contribution >= 0.6 is 0 Å². The van der Waals surface area contributed by atoms with E-state index in [1.165, 1.54) is 5.06 Å². The second-order valence-corrected chi connectivity index (χ2v) is 9.33. The van der Waals surface area contributed by atoms with E-state index in [1.54, 1.807) is 0 Å². The maximum Gasteiger partial charge on any atom is 0.0995 e. The molecule has 2 heterocycles. The molecule has 4 heteroatoms. The van der Waals surface area contributed by atoms with Gasteiger partial charge >= 0.3 is 0 Å². The van der Waals surface area contributed by atoms with Crippen LogP contribution < -0.4 is 0 Å². The smallest absolute Gasteiger partial charge is 0.0995 e. The summed E-state index contributed by atoms with van der Waals surface area (Å²) in [6.07, 6.45) is 4.20. The van der Waals surface area contributed by atoms with Gasteiger partial charge in [-0.25, -0.2) is 0 Å². The predicted molar refractivity (Wildman–Crippen MR) is 85.1 cm³/mol. The molecule has 2 saturated heterocycles. The van der Waals surface area contributed by atoms with Crippen molar-refractivity contribution in [2.24, 2.45) is 0 Å². The van der Waals surface area contributed by atoms with E-state index in [9.17, 15) is 5.21 Å². The lowest BCUT2D eigenvalue weighted by molar-refractivity contribution is -0.341. The van der Waals surface area contributed by atoms with Crippen LogP contribution in [0.5, 0.6) is 0 Å². The van der Waals surface area contributed by atoms with Gasteiger partial charge in [-0.15, -0.1) is 0 Å². The lowest BCUT2D eigenvalue weighted by atomic mass is 9.80. The summed E-state index contributed by atoms with van der Waals surface area (Å²) in [4.78, 5) is 6.49. The molecule has 2 aliphatic heterocycles. The summed E-state index contributed by atoms with van der Waals surface area (Å²) in [6, 6.07) is 0.